The van der Waals surface area contributed by atoms with Gasteiger partial charge in [0.05, 0.1) is 6.61 Å². The Morgan fingerprint density at radius 1 is 1.64 bits per heavy atom. The second-order valence-corrected chi connectivity index (χ2v) is 3.60. The summed E-state index contributed by atoms with van der Waals surface area (Å²) in [5.74, 6) is -0.0652. The number of benzene rings is 1. The van der Waals surface area contributed by atoms with Crippen molar-refractivity contribution in [2.24, 2.45) is 0 Å². The molecule has 2 rings (SSSR count). The average molecular weight is 256 g/mol. The van der Waals surface area contributed by atoms with Crippen LogP contribution in [0.15, 0.2) is 6.07 Å². The average Bonchev–Trinajstić information content (AvgIpc) is 2.65. The molecule has 0 atom stereocenters. The number of fused-ring (bicyclic) bond motifs is 1. The molecule has 0 spiro atoms. The summed E-state index contributed by atoms with van der Waals surface area (Å²) in [4.78, 5) is 0. The second kappa shape index (κ2) is 3.58. The maximum Gasteiger partial charge on any atom is 0.145 e. The largest absolute Gasteiger partial charge is 0.491 e. The van der Waals surface area contributed by atoms with Gasteiger partial charge in [-0.1, -0.05) is 15.9 Å². The van der Waals surface area contributed by atoms with Gasteiger partial charge in [-0.05, 0) is 11.6 Å². The summed E-state index contributed by atoms with van der Waals surface area (Å²) < 4.78 is 18.6. The lowest BCUT2D eigenvalue weighted by Crippen LogP contribution is -1.94. The monoisotopic (exact) mass is 255 g/mol. The van der Waals surface area contributed by atoms with Crippen molar-refractivity contribution in [2.45, 2.75) is 11.8 Å². The molecule has 1 aromatic rings. The Hall–Kier alpha value is -1.08. The number of nitriles is 1. The van der Waals surface area contributed by atoms with Gasteiger partial charge >= 0.3 is 0 Å². The summed E-state index contributed by atoms with van der Waals surface area (Å²) in [5, 5.41) is 9.35. The topological polar surface area (TPSA) is 33.0 Å². The highest BCUT2D eigenvalue weighted by Gasteiger charge is 2.23. The van der Waals surface area contributed by atoms with Gasteiger partial charge < -0.3 is 4.74 Å². The third-order valence-electron chi connectivity index (χ3n) is 2.28. The quantitative estimate of drug-likeness (QED) is 0.723. The minimum Gasteiger partial charge on any atom is -0.491 e. The standard InChI is InChI=1S/C10H7BrFNO/c11-4-6-3-9(12)8(5-13)10-7(6)1-2-14-10/h3H,1-2,4H2. The van der Waals surface area contributed by atoms with Crippen molar-refractivity contribution in [3.05, 3.63) is 28.6 Å². The van der Waals surface area contributed by atoms with Gasteiger partial charge in [-0.15, -0.1) is 0 Å². The summed E-state index contributed by atoms with van der Waals surface area (Å²) in [6, 6.07) is 3.24. The van der Waals surface area contributed by atoms with E-state index in [0.717, 1.165) is 17.5 Å². The van der Waals surface area contributed by atoms with E-state index in [9.17, 15) is 4.39 Å². The Labute approximate surface area is 89.4 Å². The molecule has 0 radical (unpaired) electrons. The molecule has 1 heterocycles. The number of hydrogen-bond donors (Lipinski definition) is 0. The molecule has 1 aliphatic rings. The van der Waals surface area contributed by atoms with Gasteiger partial charge in [-0.25, -0.2) is 4.39 Å². The van der Waals surface area contributed by atoms with Crippen LogP contribution in [0.25, 0.3) is 0 Å². The van der Waals surface area contributed by atoms with E-state index >= 15 is 0 Å². The van der Waals surface area contributed by atoms with Crippen molar-refractivity contribution >= 4 is 15.9 Å². The van der Waals surface area contributed by atoms with Crippen molar-refractivity contribution < 1.29 is 9.13 Å². The van der Waals surface area contributed by atoms with Crippen molar-refractivity contribution in [1.82, 2.24) is 0 Å². The maximum absolute atomic E-state index is 13.4. The molecule has 0 aliphatic carbocycles. The van der Waals surface area contributed by atoms with Crippen LogP contribution in [0.5, 0.6) is 5.75 Å². The Morgan fingerprint density at radius 3 is 3.07 bits per heavy atom. The highest BCUT2D eigenvalue weighted by Crippen LogP contribution is 2.34. The van der Waals surface area contributed by atoms with Gasteiger partial charge in [0.1, 0.15) is 23.2 Å². The van der Waals surface area contributed by atoms with Gasteiger partial charge in [-0.3, -0.25) is 0 Å². The summed E-state index contributed by atoms with van der Waals surface area (Å²) >= 11 is 3.29. The van der Waals surface area contributed by atoms with Crippen molar-refractivity contribution in [3.63, 3.8) is 0 Å². The summed E-state index contributed by atoms with van der Waals surface area (Å²) in [7, 11) is 0. The minimum atomic E-state index is -0.498. The van der Waals surface area contributed by atoms with Gasteiger partial charge in [0.25, 0.3) is 0 Å². The normalized spacial score (nSPS) is 13.2. The lowest BCUT2D eigenvalue weighted by Gasteiger charge is -2.06. The van der Waals surface area contributed by atoms with Gasteiger partial charge in [-0.2, -0.15) is 5.26 Å². The van der Waals surface area contributed by atoms with Crippen LogP contribution < -0.4 is 4.74 Å². The molecule has 72 valence electrons. The minimum absolute atomic E-state index is 0.0298. The molecule has 0 amide bonds. The van der Waals surface area contributed by atoms with E-state index in [2.05, 4.69) is 15.9 Å². The van der Waals surface area contributed by atoms with E-state index < -0.39 is 5.82 Å². The molecule has 0 saturated heterocycles. The van der Waals surface area contributed by atoms with Gasteiger partial charge in [0, 0.05) is 17.3 Å². The van der Waals surface area contributed by atoms with E-state index in [0.29, 0.717) is 17.7 Å². The fourth-order valence-corrected chi connectivity index (χ4v) is 2.13. The third kappa shape index (κ3) is 1.28. The Balaban J connectivity index is 2.69. The zero-order chi connectivity index (χ0) is 10.1. The SMILES string of the molecule is N#Cc1c(F)cc(CBr)c2c1OCC2. The first-order valence-electron chi connectivity index (χ1n) is 4.21. The highest BCUT2D eigenvalue weighted by molar-refractivity contribution is 9.08. The van der Waals surface area contributed by atoms with Crippen molar-refractivity contribution in [1.29, 1.82) is 5.26 Å². The molecule has 4 heteroatoms. The molecule has 1 aromatic carbocycles. The number of hydrogen-bond acceptors (Lipinski definition) is 2. The maximum atomic E-state index is 13.4. The van der Waals surface area contributed by atoms with E-state index in [1.807, 2.05) is 6.07 Å². The predicted molar refractivity (Wildman–Crippen MR) is 52.9 cm³/mol. The highest BCUT2D eigenvalue weighted by atomic mass is 79.9. The molecule has 2 nitrogen and oxygen atoms in total. The molecular formula is C10H7BrFNO. The molecule has 14 heavy (non-hydrogen) atoms. The zero-order valence-electron chi connectivity index (χ0n) is 7.31. The first-order chi connectivity index (χ1) is 6.77. The van der Waals surface area contributed by atoms with Crippen molar-refractivity contribution in [3.8, 4) is 11.8 Å². The van der Waals surface area contributed by atoms with Crippen LogP contribution in [0, 0.1) is 17.1 Å². The third-order valence-corrected chi connectivity index (χ3v) is 2.89. The van der Waals surface area contributed by atoms with Gasteiger partial charge in [0.2, 0.25) is 0 Å². The van der Waals surface area contributed by atoms with Crippen LogP contribution in [0.3, 0.4) is 0 Å². The van der Waals surface area contributed by atoms with Crippen LogP contribution in [-0.4, -0.2) is 6.61 Å². The second-order valence-electron chi connectivity index (χ2n) is 3.04. The number of ether oxygens (including phenoxy) is 1. The first kappa shape index (κ1) is 9.47. The lowest BCUT2D eigenvalue weighted by molar-refractivity contribution is 0.354. The smallest absolute Gasteiger partial charge is 0.145 e. The zero-order valence-corrected chi connectivity index (χ0v) is 8.90. The van der Waals surface area contributed by atoms with E-state index in [-0.39, 0.29) is 5.56 Å². The van der Waals surface area contributed by atoms with E-state index in [1.54, 1.807) is 0 Å². The fourth-order valence-electron chi connectivity index (χ4n) is 1.63. The van der Waals surface area contributed by atoms with Crippen LogP contribution in [0.1, 0.15) is 16.7 Å². The Morgan fingerprint density at radius 2 is 2.43 bits per heavy atom. The molecule has 0 fully saturated rings. The number of rotatable bonds is 1. The molecule has 0 bridgehead atoms. The van der Waals surface area contributed by atoms with Crippen LogP contribution in [-0.2, 0) is 11.8 Å². The van der Waals surface area contributed by atoms with E-state index in [1.165, 1.54) is 6.07 Å². The molecule has 0 unspecified atom stereocenters. The molecule has 1 aliphatic heterocycles. The summed E-state index contributed by atoms with van der Waals surface area (Å²) in [6.45, 7) is 0.535. The van der Waals surface area contributed by atoms with Gasteiger partial charge in [0.15, 0.2) is 0 Å². The summed E-state index contributed by atoms with van der Waals surface area (Å²) in [6.07, 6.45) is 0.755. The first-order valence-corrected chi connectivity index (χ1v) is 5.33. The predicted octanol–water partition coefficient (Wildman–Crippen LogP) is 2.53. The number of nitrogens with zero attached hydrogens (tertiary/aromatic N) is 1. The molecule has 0 aromatic heterocycles. The van der Waals surface area contributed by atoms with Crippen LogP contribution in [0.4, 0.5) is 4.39 Å². The fraction of sp³-hybridized carbons (Fsp3) is 0.300. The Bertz CT molecular complexity index is 425. The molecule has 0 saturated carbocycles. The lowest BCUT2D eigenvalue weighted by atomic mass is 10.0. The summed E-state index contributed by atoms with van der Waals surface area (Å²) in [5.41, 5.74) is 1.86. The van der Waals surface area contributed by atoms with E-state index in [4.69, 9.17) is 10.00 Å². The molecule has 0 N–H and O–H groups in total. The number of alkyl halides is 1. The van der Waals surface area contributed by atoms with Crippen LogP contribution in [0.2, 0.25) is 0 Å². The Kier molecular flexibility index (Phi) is 2.42. The van der Waals surface area contributed by atoms with Crippen LogP contribution >= 0.6 is 15.9 Å². The van der Waals surface area contributed by atoms with Crippen molar-refractivity contribution in [2.75, 3.05) is 6.61 Å². The number of halogens is 2. The molecular weight excluding hydrogens is 249 g/mol.